The van der Waals surface area contributed by atoms with Crippen LogP contribution in [0.15, 0.2) is 42.7 Å². The SMILES string of the molecule is O=C(c1cncc(N2CCCC2)c1)N1CCN(c2cccc(Cl)c2)CC1. The van der Waals surface area contributed by atoms with Crippen molar-refractivity contribution in [3.8, 4) is 0 Å². The third-order valence-electron chi connectivity index (χ3n) is 5.18. The molecule has 136 valence electrons. The summed E-state index contributed by atoms with van der Waals surface area (Å²) in [6, 6.07) is 9.87. The number of nitrogens with zero attached hydrogens (tertiary/aromatic N) is 4. The summed E-state index contributed by atoms with van der Waals surface area (Å²) < 4.78 is 0. The third kappa shape index (κ3) is 3.63. The highest BCUT2D eigenvalue weighted by atomic mass is 35.5. The van der Waals surface area contributed by atoms with E-state index >= 15 is 0 Å². The molecule has 0 atom stereocenters. The molecule has 0 spiro atoms. The highest BCUT2D eigenvalue weighted by Crippen LogP contribution is 2.23. The van der Waals surface area contributed by atoms with E-state index in [0.717, 1.165) is 42.6 Å². The molecule has 0 bridgehead atoms. The molecule has 1 aromatic carbocycles. The molecule has 6 heteroatoms. The summed E-state index contributed by atoms with van der Waals surface area (Å²) in [6.07, 6.45) is 5.97. The van der Waals surface area contributed by atoms with Gasteiger partial charge in [-0.3, -0.25) is 9.78 Å². The summed E-state index contributed by atoms with van der Waals surface area (Å²) >= 11 is 6.09. The predicted molar refractivity (Wildman–Crippen MR) is 105 cm³/mol. The first-order valence-corrected chi connectivity index (χ1v) is 9.58. The minimum atomic E-state index is 0.0734. The van der Waals surface area contributed by atoms with Crippen LogP contribution in [-0.2, 0) is 0 Å². The van der Waals surface area contributed by atoms with E-state index < -0.39 is 0 Å². The van der Waals surface area contributed by atoms with Gasteiger partial charge in [-0.05, 0) is 37.1 Å². The van der Waals surface area contributed by atoms with Gasteiger partial charge in [0.2, 0.25) is 0 Å². The average molecular weight is 371 g/mol. The van der Waals surface area contributed by atoms with Gasteiger partial charge in [0, 0.05) is 56.2 Å². The molecule has 2 aliphatic heterocycles. The molecule has 1 amide bonds. The Morgan fingerprint density at radius 1 is 0.885 bits per heavy atom. The van der Waals surface area contributed by atoms with Crippen LogP contribution in [0.25, 0.3) is 0 Å². The Morgan fingerprint density at radius 2 is 1.62 bits per heavy atom. The fourth-order valence-electron chi connectivity index (χ4n) is 3.72. The molecule has 0 N–H and O–H groups in total. The van der Waals surface area contributed by atoms with E-state index in [2.05, 4.69) is 20.9 Å². The number of aromatic nitrogens is 1. The smallest absolute Gasteiger partial charge is 0.255 e. The fraction of sp³-hybridized carbons (Fsp3) is 0.400. The standard InChI is InChI=1S/C20H23ClN4O/c21-17-4-3-5-18(13-17)24-8-10-25(11-9-24)20(26)16-12-19(15-22-14-16)23-6-1-2-7-23/h3-5,12-15H,1-2,6-11H2. The van der Waals surface area contributed by atoms with Crippen molar-refractivity contribution in [2.24, 2.45) is 0 Å². The van der Waals surface area contributed by atoms with Gasteiger partial charge in [0.1, 0.15) is 0 Å². The summed E-state index contributed by atoms with van der Waals surface area (Å²) in [5.41, 5.74) is 2.86. The van der Waals surface area contributed by atoms with Crippen molar-refractivity contribution in [2.45, 2.75) is 12.8 Å². The van der Waals surface area contributed by atoms with Crippen LogP contribution in [0.2, 0.25) is 5.02 Å². The molecule has 3 heterocycles. The normalized spacial score (nSPS) is 17.7. The Hall–Kier alpha value is -2.27. The minimum absolute atomic E-state index is 0.0734. The lowest BCUT2D eigenvalue weighted by atomic mass is 10.2. The van der Waals surface area contributed by atoms with Crippen LogP contribution in [0.1, 0.15) is 23.2 Å². The highest BCUT2D eigenvalue weighted by molar-refractivity contribution is 6.30. The lowest BCUT2D eigenvalue weighted by Crippen LogP contribution is -2.48. The number of anilines is 2. The fourth-order valence-corrected chi connectivity index (χ4v) is 3.90. The van der Waals surface area contributed by atoms with Gasteiger partial charge in [-0.1, -0.05) is 17.7 Å². The van der Waals surface area contributed by atoms with Crippen LogP contribution in [0, 0.1) is 0 Å². The van der Waals surface area contributed by atoms with E-state index in [4.69, 9.17) is 11.6 Å². The van der Waals surface area contributed by atoms with Gasteiger partial charge in [-0.25, -0.2) is 0 Å². The van der Waals surface area contributed by atoms with Crippen molar-refractivity contribution >= 4 is 28.9 Å². The first-order valence-electron chi connectivity index (χ1n) is 9.20. The number of piperazine rings is 1. The van der Waals surface area contributed by atoms with Crippen molar-refractivity contribution in [3.05, 3.63) is 53.3 Å². The molecule has 2 aromatic rings. The molecule has 5 nitrogen and oxygen atoms in total. The van der Waals surface area contributed by atoms with Gasteiger partial charge in [0.25, 0.3) is 5.91 Å². The Balaban J connectivity index is 1.41. The second-order valence-corrected chi connectivity index (χ2v) is 7.32. The van der Waals surface area contributed by atoms with Gasteiger partial charge >= 0.3 is 0 Å². The average Bonchev–Trinajstić information content (AvgIpc) is 3.23. The van der Waals surface area contributed by atoms with E-state index in [1.165, 1.54) is 12.8 Å². The maximum Gasteiger partial charge on any atom is 0.255 e. The van der Waals surface area contributed by atoms with Gasteiger partial charge in [-0.15, -0.1) is 0 Å². The molecule has 2 aliphatic rings. The molecule has 0 saturated carbocycles. The second-order valence-electron chi connectivity index (χ2n) is 6.89. The van der Waals surface area contributed by atoms with E-state index in [1.54, 1.807) is 6.20 Å². The zero-order chi connectivity index (χ0) is 17.9. The molecule has 1 aromatic heterocycles. The molecule has 0 unspecified atom stereocenters. The second kappa shape index (κ2) is 7.54. The quantitative estimate of drug-likeness (QED) is 0.831. The van der Waals surface area contributed by atoms with Crippen molar-refractivity contribution in [1.82, 2.24) is 9.88 Å². The summed E-state index contributed by atoms with van der Waals surface area (Å²) in [7, 11) is 0. The van der Waals surface area contributed by atoms with Crippen LogP contribution >= 0.6 is 11.6 Å². The summed E-state index contributed by atoms with van der Waals surface area (Å²) in [6.45, 7) is 5.14. The first-order chi connectivity index (χ1) is 12.7. The maximum atomic E-state index is 12.9. The lowest BCUT2D eigenvalue weighted by molar-refractivity contribution is 0.0746. The molecule has 0 aliphatic carbocycles. The number of amides is 1. The van der Waals surface area contributed by atoms with Gasteiger partial charge in [0.05, 0.1) is 17.4 Å². The van der Waals surface area contributed by atoms with Crippen molar-refractivity contribution < 1.29 is 4.79 Å². The summed E-state index contributed by atoms with van der Waals surface area (Å²) in [5, 5.41) is 0.741. The zero-order valence-electron chi connectivity index (χ0n) is 14.8. The van der Waals surface area contributed by atoms with Crippen LogP contribution in [0.5, 0.6) is 0 Å². The summed E-state index contributed by atoms with van der Waals surface area (Å²) in [5.74, 6) is 0.0734. The number of hydrogen-bond donors (Lipinski definition) is 0. The van der Waals surface area contributed by atoms with E-state index in [-0.39, 0.29) is 5.91 Å². The van der Waals surface area contributed by atoms with Crippen LogP contribution in [0.3, 0.4) is 0 Å². The predicted octanol–water partition coefficient (Wildman–Crippen LogP) is 3.30. The van der Waals surface area contributed by atoms with Gasteiger partial charge in [-0.2, -0.15) is 0 Å². The van der Waals surface area contributed by atoms with E-state index in [1.807, 2.05) is 35.4 Å². The largest absolute Gasteiger partial charge is 0.370 e. The molecular weight excluding hydrogens is 348 g/mol. The van der Waals surface area contributed by atoms with Crippen molar-refractivity contribution in [2.75, 3.05) is 49.1 Å². The van der Waals surface area contributed by atoms with Crippen LogP contribution in [0.4, 0.5) is 11.4 Å². The number of pyridine rings is 1. The highest BCUT2D eigenvalue weighted by Gasteiger charge is 2.23. The Labute approximate surface area is 159 Å². The monoisotopic (exact) mass is 370 g/mol. The zero-order valence-corrected chi connectivity index (χ0v) is 15.5. The third-order valence-corrected chi connectivity index (χ3v) is 5.42. The number of carbonyl (C=O) groups excluding carboxylic acids is 1. The van der Waals surface area contributed by atoms with Crippen molar-refractivity contribution in [3.63, 3.8) is 0 Å². The maximum absolute atomic E-state index is 12.9. The van der Waals surface area contributed by atoms with Crippen LogP contribution in [-0.4, -0.2) is 55.1 Å². The first kappa shape index (κ1) is 17.2. The molecule has 0 radical (unpaired) electrons. The van der Waals surface area contributed by atoms with E-state index in [0.29, 0.717) is 18.7 Å². The number of halogens is 1. The minimum Gasteiger partial charge on any atom is -0.370 e. The van der Waals surface area contributed by atoms with Gasteiger partial charge < -0.3 is 14.7 Å². The van der Waals surface area contributed by atoms with E-state index in [9.17, 15) is 4.79 Å². The van der Waals surface area contributed by atoms with Gasteiger partial charge in [0.15, 0.2) is 0 Å². The van der Waals surface area contributed by atoms with Crippen molar-refractivity contribution in [1.29, 1.82) is 0 Å². The number of carbonyl (C=O) groups is 1. The molecule has 2 fully saturated rings. The topological polar surface area (TPSA) is 39.7 Å². The molecular formula is C20H23ClN4O. The molecule has 26 heavy (non-hydrogen) atoms. The Kier molecular flexibility index (Phi) is 4.98. The number of hydrogen-bond acceptors (Lipinski definition) is 4. The molecule has 4 rings (SSSR count). The summed E-state index contributed by atoms with van der Waals surface area (Å²) in [4.78, 5) is 23.7. The lowest BCUT2D eigenvalue weighted by Gasteiger charge is -2.36. The molecule has 2 saturated heterocycles. The number of benzene rings is 1. The Bertz CT molecular complexity index is 783. The van der Waals surface area contributed by atoms with Crippen LogP contribution < -0.4 is 9.80 Å². The number of rotatable bonds is 3. The Morgan fingerprint density at radius 3 is 2.35 bits per heavy atom.